The first kappa shape index (κ1) is 22.3. The van der Waals surface area contributed by atoms with Crippen LogP contribution in [0, 0.1) is 0 Å². The Morgan fingerprint density at radius 3 is 2.58 bits per heavy atom. The summed E-state index contributed by atoms with van der Waals surface area (Å²) in [4.78, 5) is 15.7. The van der Waals surface area contributed by atoms with Gasteiger partial charge in [-0.1, -0.05) is 23.2 Å². The molecule has 2 aliphatic rings. The van der Waals surface area contributed by atoms with Crippen molar-refractivity contribution in [2.75, 3.05) is 26.9 Å². The number of carbonyl (C=O) groups is 1. The molecule has 2 heterocycles. The smallest absolute Gasteiger partial charge is 0.275 e. The highest BCUT2D eigenvalue weighted by atomic mass is 35.5. The fourth-order valence-electron chi connectivity index (χ4n) is 4.74. The van der Waals surface area contributed by atoms with Crippen LogP contribution in [0.2, 0.25) is 10.0 Å². The van der Waals surface area contributed by atoms with Crippen molar-refractivity contribution in [1.29, 1.82) is 0 Å². The lowest BCUT2D eigenvalue weighted by Gasteiger charge is -2.41. The van der Waals surface area contributed by atoms with Crippen LogP contribution in [0.1, 0.15) is 35.5 Å². The molecule has 2 aromatic carbocycles. The lowest BCUT2D eigenvalue weighted by Crippen LogP contribution is -2.55. The molecule has 1 saturated heterocycles. The maximum atomic E-state index is 13.8. The number of aromatic nitrogens is 2. The monoisotopic (exact) mass is 485 g/mol. The number of nitrogens with zero attached hydrogens (tertiary/aromatic N) is 3. The SMILES string of the molecule is COc1ccc2c(c1)CCc1c(C(=O)N3CCOCC3(C)C)nn(-c3cc(Cl)cc(Cl)c3)c1-2. The zero-order chi connectivity index (χ0) is 23.3. The summed E-state index contributed by atoms with van der Waals surface area (Å²) in [5.74, 6) is 0.726. The minimum absolute atomic E-state index is 0.0802. The van der Waals surface area contributed by atoms with Gasteiger partial charge in [-0.15, -0.1) is 0 Å². The van der Waals surface area contributed by atoms with E-state index in [-0.39, 0.29) is 5.91 Å². The van der Waals surface area contributed by atoms with Crippen LogP contribution in [0.4, 0.5) is 0 Å². The molecule has 0 saturated carbocycles. The van der Waals surface area contributed by atoms with Gasteiger partial charge in [-0.3, -0.25) is 4.79 Å². The Morgan fingerprint density at radius 1 is 1.12 bits per heavy atom. The van der Waals surface area contributed by atoms with E-state index in [0.29, 0.717) is 47.6 Å². The molecule has 172 valence electrons. The van der Waals surface area contributed by atoms with Gasteiger partial charge in [0.1, 0.15) is 5.75 Å². The topological polar surface area (TPSA) is 56.6 Å². The first-order chi connectivity index (χ1) is 15.8. The molecule has 1 fully saturated rings. The normalized spacial score (nSPS) is 16.8. The van der Waals surface area contributed by atoms with Gasteiger partial charge in [0.25, 0.3) is 5.91 Å². The average Bonchev–Trinajstić information content (AvgIpc) is 3.17. The van der Waals surface area contributed by atoms with Gasteiger partial charge in [-0.05, 0) is 68.7 Å². The van der Waals surface area contributed by atoms with Crippen LogP contribution in [-0.4, -0.2) is 53.0 Å². The Morgan fingerprint density at radius 2 is 1.88 bits per heavy atom. The van der Waals surface area contributed by atoms with Crippen molar-refractivity contribution in [3.8, 4) is 22.7 Å². The van der Waals surface area contributed by atoms with E-state index in [0.717, 1.165) is 34.6 Å². The summed E-state index contributed by atoms with van der Waals surface area (Å²) in [7, 11) is 1.66. The van der Waals surface area contributed by atoms with Crippen molar-refractivity contribution in [2.45, 2.75) is 32.2 Å². The third kappa shape index (κ3) is 3.90. The zero-order valence-corrected chi connectivity index (χ0v) is 20.3. The van der Waals surface area contributed by atoms with Gasteiger partial charge >= 0.3 is 0 Å². The van der Waals surface area contributed by atoms with Crippen molar-refractivity contribution in [2.24, 2.45) is 0 Å². The summed E-state index contributed by atoms with van der Waals surface area (Å²) in [6.07, 6.45) is 1.50. The number of ether oxygens (including phenoxy) is 2. The minimum Gasteiger partial charge on any atom is -0.497 e. The van der Waals surface area contributed by atoms with Gasteiger partial charge in [0.2, 0.25) is 0 Å². The molecule has 0 atom stereocenters. The lowest BCUT2D eigenvalue weighted by molar-refractivity contribution is -0.0373. The Balaban J connectivity index is 1.71. The molecule has 6 nitrogen and oxygen atoms in total. The molecular formula is C25H25Cl2N3O3. The number of methoxy groups -OCH3 is 1. The molecule has 0 radical (unpaired) electrons. The molecule has 1 amide bonds. The van der Waals surface area contributed by atoms with E-state index in [1.54, 1.807) is 17.9 Å². The second kappa shape index (κ2) is 8.35. The number of rotatable bonds is 3. The van der Waals surface area contributed by atoms with Gasteiger partial charge in [-0.2, -0.15) is 5.10 Å². The quantitative estimate of drug-likeness (QED) is 0.511. The van der Waals surface area contributed by atoms with Crippen LogP contribution in [0.3, 0.4) is 0 Å². The molecule has 33 heavy (non-hydrogen) atoms. The van der Waals surface area contributed by atoms with Gasteiger partial charge in [0, 0.05) is 27.7 Å². The lowest BCUT2D eigenvalue weighted by atomic mass is 9.88. The van der Waals surface area contributed by atoms with E-state index in [9.17, 15) is 4.79 Å². The second-order valence-corrected chi connectivity index (χ2v) is 9.93. The van der Waals surface area contributed by atoms with Gasteiger partial charge < -0.3 is 14.4 Å². The number of halogens is 2. The minimum atomic E-state index is -0.411. The average molecular weight is 486 g/mol. The predicted octanol–water partition coefficient (Wildman–Crippen LogP) is 5.20. The second-order valence-electron chi connectivity index (χ2n) is 9.06. The van der Waals surface area contributed by atoms with Crippen molar-refractivity contribution >= 4 is 29.1 Å². The van der Waals surface area contributed by atoms with E-state index >= 15 is 0 Å². The number of carbonyl (C=O) groups excluding carboxylic acids is 1. The number of benzene rings is 2. The number of amides is 1. The van der Waals surface area contributed by atoms with Gasteiger partial charge in [-0.25, -0.2) is 4.68 Å². The summed E-state index contributed by atoms with van der Waals surface area (Å²) in [6, 6.07) is 11.3. The number of aryl methyl sites for hydroxylation is 1. The first-order valence-corrected chi connectivity index (χ1v) is 11.7. The standard InChI is InChI=1S/C25H25Cl2N3O3/c1-25(2)14-33-9-8-29(25)24(31)22-21-6-4-15-10-19(32-3)5-7-20(15)23(21)30(28-22)18-12-16(26)11-17(27)13-18/h5,7,10-13H,4,6,8-9,14H2,1-3H3. The maximum absolute atomic E-state index is 13.8. The highest BCUT2D eigenvalue weighted by Crippen LogP contribution is 2.40. The van der Waals surface area contributed by atoms with Crippen molar-refractivity contribution in [3.05, 3.63) is 63.3 Å². The molecule has 5 rings (SSSR count). The van der Waals surface area contributed by atoms with Crippen LogP contribution < -0.4 is 4.74 Å². The fourth-order valence-corrected chi connectivity index (χ4v) is 5.26. The summed E-state index contributed by atoms with van der Waals surface area (Å²) in [5, 5.41) is 5.88. The van der Waals surface area contributed by atoms with Crippen LogP contribution >= 0.6 is 23.2 Å². The van der Waals surface area contributed by atoms with E-state index in [4.69, 9.17) is 37.8 Å². The van der Waals surface area contributed by atoms with Gasteiger partial charge in [0.05, 0.1) is 37.2 Å². The largest absolute Gasteiger partial charge is 0.497 e. The number of fused-ring (bicyclic) bond motifs is 3. The number of hydrogen-bond donors (Lipinski definition) is 0. The summed E-state index contributed by atoms with van der Waals surface area (Å²) < 4.78 is 12.9. The molecular weight excluding hydrogens is 461 g/mol. The number of hydrogen-bond acceptors (Lipinski definition) is 4. The molecule has 1 aliphatic carbocycles. The van der Waals surface area contributed by atoms with Crippen LogP contribution in [0.25, 0.3) is 16.9 Å². The third-order valence-electron chi connectivity index (χ3n) is 6.38. The Labute approximate surface area is 203 Å². The fraction of sp³-hybridized carbons (Fsp3) is 0.360. The van der Waals surface area contributed by atoms with Crippen molar-refractivity contribution < 1.29 is 14.3 Å². The van der Waals surface area contributed by atoms with E-state index in [1.807, 2.05) is 49.1 Å². The van der Waals surface area contributed by atoms with Gasteiger partial charge in [0.15, 0.2) is 5.69 Å². The van der Waals surface area contributed by atoms with Crippen LogP contribution in [0.5, 0.6) is 5.75 Å². The Bertz CT molecular complexity index is 1230. The molecule has 0 bridgehead atoms. The Hall–Kier alpha value is -2.54. The maximum Gasteiger partial charge on any atom is 0.275 e. The summed E-state index contributed by atoms with van der Waals surface area (Å²) in [5.41, 5.74) is 4.79. The van der Waals surface area contributed by atoms with E-state index < -0.39 is 5.54 Å². The predicted molar refractivity (Wildman–Crippen MR) is 129 cm³/mol. The Kier molecular flexibility index (Phi) is 5.63. The van der Waals surface area contributed by atoms with Crippen molar-refractivity contribution in [1.82, 2.24) is 14.7 Å². The molecule has 8 heteroatoms. The molecule has 0 spiro atoms. The number of morpholine rings is 1. The van der Waals surface area contributed by atoms with Crippen molar-refractivity contribution in [3.63, 3.8) is 0 Å². The zero-order valence-electron chi connectivity index (χ0n) is 18.8. The first-order valence-electron chi connectivity index (χ1n) is 10.9. The molecule has 1 aromatic heterocycles. The van der Waals surface area contributed by atoms with Crippen LogP contribution in [-0.2, 0) is 17.6 Å². The molecule has 0 unspecified atom stereocenters. The molecule has 0 N–H and O–H groups in total. The van der Waals surface area contributed by atoms with Crippen LogP contribution in [0.15, 0.2) is 36.4 Å². The summed E-state index contributed by atoms with van der Waals surface area (Å²) >= 11 is 12.6. The van der Waals surface area contributed by atoms with E-state index in [1.165, 1.54) is 0 Å². The third-order valence-corrected chi connectivity index (χ3v) is 6.82. The highest BCUT2D eigenvalue weighted by molar-refractivity contribution is 6.34. The molecule has 1 aliphatic heterocycles. The summed E-state index contributed by atoms with van der Waals surface area (Å²) in [6.45, 7) is 5.58. The highest BCUT2D eigenvalue weighted by Gasteiger charge is 2.38. The molecule has 3 aromatic rings. The van der Waals surface area contributed by atoms with E-state index in [2.05, 4.69) is 0 Å².